The molecule has 2 heteroatoms. The van der Waals surface area contributed by atoms with E-state index in [2.05, 4.69) is 42.7 Å². The van der Waals surface area contributed by atoms with E-state index in [9.17, 15) is 0 Å². The summed E-state index contributed by atoms with van der Waals surface area (Å²) in [5.74, 6) is 0.914. The molecule has 0 saturated carbocycles. The summed E-state index contributed by atoms with van der Waals surface area (Å²) in [5, 5.41) is 0. The molecule has 1 saturated heterocycles. The number of rotatable bonds is 2. The highest BCUT2D eigenvalue weighted by Gasteiger charge is 2.15. The van der Waals surface area contributed by atoms with Crippen LogP contribution >= 0.6 is 12.6 Å². The average molecular weight is 221 g/mol. The van der Waals surface area contributed by atoms with Crippen molar-refractivity contribution in [3.05, 3.63) is 29.8 Å². The highest BCUT2D eigenvalue weighted by Crippen LogP contribution is 2.18. The van der Waals surface area contributed by atoms with Crippen LogP contribution in [0.1, 0.15) is 25.3 Å². The maximum Gasteiger partial charge on any atom is 0.0234 e. The molecule has 0 spiro atoms. The molecule has 0 atom stereocenters. The summed E-state index contributed by atoms with van der Waals surface area (Å²) >= 11 is 4.37. The van der Waals surface area contributed by atoms with Gasteiger partial charge in [-0.2, -0.15) is 0 Å². The number of hydrogen-bond donors (Lipinski definition) is 1. The topological polar surface area (TPSA) is 3.24 Å². The average Bonchev–Trinajstić information content (AvgIpc) is 2.22. The molecule has 1 heterocycles. The highest BCUT2D eigenvalue weighted by atomic mass is 32.1. The van der Waals surface area contributed by atoms with Crippen LogP contribution < -0.4 is 0 Å². The van der Waals surface area contributed by atoms with Gasteiger partial charge < -0.3 is 0 Å². The van der Waals surface area contributed by atoms with E-state index in [0.29, 0.717) is 0 Å². The number of piperidine rings is 1. The zero-order chi connectivity index (χ0) is 10.7. The van der Waals surface area contributed by atoms with Crippen LogP contribution in [0.4, 0.5) is 0 Å². The Hall–Kier alpha value is -0.470. The van der Waals surface area contributed by atoms with E-state index >= 15 is 0 Å². The molecule has 15 heavy (non-hydrogen) atoms. The summed E-state index contributed by atoms with van der Waals surface area (Å²) in [6.45, 7) is 5.93. The molecular formula is C13H19NS. The van der Waals surface area contributed by atoms with Crippen LogP contribution in [0, 0.1) is 5.92 Å². The van der Waals surface area contributed by atoms with Gasteiger partial charge in [-0.25, -0.2) is 0 Å². The van der Waals surface area contributed by atoms with Crippen molar-refractivity contribution in [2.45, 2.75) is 31.2 Å². The lowest BCUT2D eigenvalue weighted by molar-refractivity contribution is 0.185. The summed E-state index contributed by atoms with van der Waals surface area (Å²) < 4.78 is 0. The van der Waals surface area contributed by atoms with Crippen LogP contribution in [0.25, 0.3) is 0 Å². The molecule has 0 N–H and O–H groups in total. The summed E-state index contributed by atoms with van der Waals surface area (Å²) in [7, 11) is 0. The molecule has 0 bridgehead atoms. The van der Waals surface area contributed by atoms with E-state index in [-0.39, 0.29) is 0 Å². The van der Waals surface area contributed by atoms with Gasteiger partial charge in [0.25, 0.3) is 0 Å². The normalized spacial score (nSPS) is 19.3. The van der Waals surface area contributed by atoms with Gasteiger partial charge in [0.1, 0.15) is 0 Å². The second-order valence-electron chi connectivity index (χ2n) is 4.63. The molecule has 0 amide bonds. The maximum atomic E-state index is 4.37. The van der Waals surface area contributed by atoms with Gasteiger partial charge in [0, 0.05) is 11.4 Å². The molecule has 2 rings (SSSR count). The van der Waals surface area contributed by atoms with Crippen molar-refractivity contribution in [1.82, 2.24) is 4.90 Å². The van der Waals surface area contributed by atoms with Crippen LogP contribution in [0.15, 0.2) is 29.2 Å². The summed E-state index contributed by atoms with van der Waals surface area (Å²) in [6, 6.07) is 8.48. The highest BCUT2D eigenvalue weighted by molar-refractivity contribution is 7.80. The lowest BCUT2D eigenvalue weighted by atomic mass is 9.99. The molecule has 1 aliphatic rings. The van der Waals surface area contributed by atoms with Crippen molar-refractivity contribution in [3.63, 3.8) is 0 Å². The van der Waals surface area contributed by atoms with E-state index in [4.69, 9.17) is 0 Å². The van der Waals surface area contributed by atoms with E-state index in [1.54, 1.807) is 0 Å². The van der Waals surface area contributed by atoms with Crippen LogP contribution in [0.3, 0.4) is 0 Å². The Kier molecular flexibility index (Phi) is 3.71. The fraction of sp³-hybridized carbons (Fsp3) is 0.538. The van der Waals surface area contributed by atoms with E-state index in [1.807, 2.05) is 6.07 Å². The van der Waals surface area contributed by atoms with Crippen LogP contribution in [-0.2, 0) is 6.54 Å². The van der Waals surface area contributed by atoms with Crippen molar-refractivity contribution in [2.24, 2.45) is 5.92 Å². The number of nitrogens with zero attached hydrogens (tertiary/aromatic N) is 1. The summed E-state index contributed by atoms with van der Waals surface area (Å²) in [4.78, 5) is 3.61. The lowest BCUT2D eigenvalue weighted by Crippen LogP contribution is -2.32. The van der Waals surface area contributed by atoms with Gasteiger partial charge in [0.05, 0.1) is 0 Å². The van der Waals surface area contributed by atoms with E-state index in [0.717, 1.165) is 17.4 Å². The molecule has 1 fully saturated rings. The number of thiol groups is 1. The zero-order valence-corrected chi connectivity index (χ0v) is 10.2. The molecular weight excluding hydrogens is 202 g/mol. The summed E-state index contributed by atoms with van der Waals surface area (Å²) in [5.41, 5.74) is 1.39. The first kappa shape index (κ1) is 11.0. The molecule has 0 radical (unpaired) electrons. The quantitative estimate of drug-likeness (QED) is 0.751. The van der Waals surface area contributed by atoms with Gasteiger partial charge in [-0.1, -0.05) is 19.1 Å². The molecule has 1 aromatic carbocycles. The third kappa shape index (κ3) is 3.25. The van der Waals surface area contributed by atoms with Crippen LogP contribution in [-0.4, -0.2) is 18.0 Å². The Morgan fingerprint density at radius 2 is 2.07 bits per heavy atom. The molecule has 1 aromatic rings. The van der Waals surface area contributed by atoms with Crippen molar-refractivity contribution in [2.75, 3.05) is 13.1 Å². The Morgan fingerprint density at radius 3 is 2.73 bits per heavy atom. The predicted molar refractivity (Wildman–Crippen MR) is 67.4 cm³/mol. The first-order valence-electron chi connectivity index (χ1n) is 5.74. The standard InChI is InChI=1S/C13H19NS/c1-11-5-7-14(8-6-11)10-12-3-2-4-13(15)9-12/h2-4,9,11,15H,5-8,10H2,1H3. The largest absolute Gasteiger partial charge is 0.299 e. The van der Waals surface area contributed by atoms with Crippen molar-refractivity contribution >= 4 is 12.6 Å². The van der Waals surface area contributed by atoms with Crippen molar-refractivity contribution < 1.29 is 0 Å². The summed E-state index contributed by atoms with van der Waals surface area (Å²) in [6.07, 6.45) is 2.70. The molecule has 0 aromatic heterocycles. The van der Waals surface area contributed by atoms with E-state index in [1.165, 1.54) is 31.5 Å². The van der Waals surface area contributed by atoms with Crippen molar-refractivity contribution in [1.29, 1.82) is 0 Å². The van der Waals surface area contributed by atoms with Gasteiger partial charge in [-0.3, -0.25) is 4.90 Å². The van der Waals surface area contributed by atoms with Gasteiger partial charge in [-0.15, -0.1) is 12.6 Å². The first-order valence-corrected chi connectivity index (χ1v) is 6.19. The molecule has 0 unspecified atom stereocenters. The number of likely N-dealkylation sites (tertiary alicyclic amines) is 1. The minimum Gasteiger partial charge on any atom is -0.299 e. The number of benzene rings is 1. The zero-order valence-electron chi connectivity index (χ0n) is 9.32. The minimum atomic E-state index is 0.914. The molecule has 82 valence electrons. The SMILES string of the molecule is CC1CCN(Cc2cccc(S)c2)CC1. The van der Waals surface area contributed by atoms with Gasteiger partial charge in [0.2, 0.25) is 0 Å². The smallest absolute Gasteiger partial charge is 0.0234 e. The minimum absolute atomic E-state index is 0.914. The third-order valence-corrected chi connectivity index (χ3v) is 3.47. The molecule has 1 nitrogen and oxygen atoms in total. The van der Waals surface area contributed by atoms with Crippen LogP contribution in [0.2, 0.25) is 0 Å². The Labute approximate surface area is 97.9 Å². The molecule has 1 aliphatic heterocycles. The fourth-order valence-electron chi connectivity index (χ4n) is 2.13. The predicted octanol–water partition coefficient (Wildman–Crippen LogP) is 3.21. The van der Waals surface area contributed by atoms with Crippen molar-refractivity contribution in [3.8, 4) is 0 Å². The third-order valence-electron chi connectivity index (χ3n) is 3.19. The Bertz CT molecular complexity index is 316. The Morgan fingerprint density at radius 1 is 1.33 bits per heavy atom. The second kappa shape index (κ2) is 5.04. The lowest BCUT2D eigenvalue weighted by Gasteiger charge is -2.30. The maximum absolute atomic E-state index is 4.37. The van der Waals surface area contributed by atoms with Crippen LogP contribution in [0.5, 0.6) is 0 Å². The monoisotopic (exact) mass is 221 g/mol. The first-order chi connectivity index (χ1) is 7.24. The van der Waals surface area contributed by atoms with E-state index < -0.39 is 0 Å². The van der Waals surface area contributed by atoms with Gasteiger partial charge in [-0.05, 0) is 49.5 Å². The second-order valence-corrected chi connectivity index (χ2v) is 5.14. The number of hydrogen-bond acceptors (Lipinski definition) is 2. The van der Waals surface area contributed by atoms with Gasteiger partial charge in [0.15, 0.2) is 0 Å². The molecule has 0 aliphatic carbocycles. The Balaban J connectivity index is 1.92. The van der Waals surface area contributed by atoms with Gasteiger partial charge >= 0.3 is 0 Å². The fourth-order valence-corrected chi connectivity index (χ4v) is 2.39.